The third-order valence-corrected chi connectivity index (χ3v) is 10.8. The topological polar surface area (TPSA) is 384 Å². The first-order valence-corrected chi connectivity index (χ1v) is 22.3. The molecule has 23 heteroatoms. The van der Waals surface area contributed by atoms with E-state index >= 15 is 0 Å². The molecule has 0 aliphatic carbocycles. The lowest BCUT2D eigenvalue weighted by atomic mass is 10.0. The summed E-state index contributed by atoms with van der Waals surface area (Å²) in [5.41, 5.74) is 34.0. The fraction of sp³-hybridized carbons (Fsp3) is 0.634. The van der Waals surface area contributed by atoms with E-state index in [2.05, 4.69) is 49.2 Å². The number of aromatic hydroxyl groups is 1. The predicted molar refractivity (Wildman–Crippen MR) is 246 cm³/mol. The Hall–Kier alpha value is -5.84. The summed E-state index contributed by atoms with van der Waals surface area (Å²) >= 11 is 4.25. The summed E-state index contributed by atoms with van der Waals surface area (Å²) in [5.74, 6) is -4.90. The van der Waals surface area contributed by atoms with Gasteiger partial charge in [0, 0.05) is 31.8 Å². The van der Waals surface area contributed by atoms with E-state index in [1.165, 1.54) is 17.0 Å². The SMILES string of the molecule is CCC[C@H](NC(=O)[C@H](CCCN=C(N)N)NC(=O)[C@@H]1CCCN1C(=O)[C@@H](N)CCCN=C(N)N)C(=O)N[C@@H](Cc1ccc(O)cc1)C(=O)N[C@H](CS)C(=O)N[C@@H](CCC(C)C)C(N)=O. The largest absolute Gasteiger partial charge is 0.508 e. The lowest BCUT2D eigenvalue weighted by Gasteiger charge is -2.29. The number of carbonyl (C=O) groups excluding carboxylic acids is 7. The Morgan fingerprint density at radius 3 is 1.78 bits per heavy atom. The molecule has 0 aromatic heterocycles. The molecule has 0 unspecified atom stereocenters. The molecule has 1 saturated heterocycles. The summed E-state index contributed by atoms with van der Waals surface area (Å²) in [7, 11) is 0. The first-order valence-electron chi connectivity index (χ1n) is 21.6. The van der Waals surface area contributed by atoms with Crippen molar-refractivity contribution in [2.24, 2.45) is 50.3 Å². The highest BCUT2D eigenvalue weighted by molar-refractivity contribution is 7.80. The van der Waals surface area contributed by atoms with Gasteiger partial charge in [-0.3, -0.25) is 43.5 Å². The molecule has 1 aliphatic rings. The number of hydrogen-bond acceptors (Lipinski definition) is 12. The minimum atomic E-state index is -1.31. The Morgan fingerprint density at radius 2 is 1.23 bits per heavy atom. The normalized spacial score (nSPS) is 16.2. The van der Waals surface area contributed by atoms with Gasteiger partial charge in [0.1, 0.15) is 42.0 Å². The van der Waals surface area contributed by atoms with E-state index in [4.69, 9.17) is 34.4 Å². The van der Waals surface area contributed by atoms with Crippen molar-refractivity contribution < 1.29 is 38.7 Å². The quantitative estimate of drug-likeness (QED) is 0.0178. The van der Waals surface area contributed by atoms with Gasteiger partial charge in [-0.25, -0.2) is 0 Å². The van der Waals surface area contributed by atoms with Crippen molar-refractivity contribution in [3.63, 3.8) is 0 Å². The summed E-state index contributed by atoms with van der Waals surface area (Å²) < 4.78 is 0. The Bertz CT molecular complexity index is 1770. The highest BCUT2D eigenvalue weighted by Gasteiger charge is 2.38. The molecule has 1 fully saturated rings. The number of likely N-dealkylation sites (tertiary alicyclic amines) is 1. The standard InChI is InChI=1S/C41H70N14O8S/c1-4-8-28(34(58)53-30(21-24-13-15-25(56)16-14-24)36(60)54-31(22-64)37(61)50-27(33(43)57)17-12-23(2)3)51-35(59)29(10-6-19-49-41(46)47)52-38(62)32-11-7-20-55(32)39(63)26(42)9-5-18-48-40(44)45/h13-16,23,26-32,56,64H,4-12,17-22,42H2,1-3H3,(H2,43,57)(H,50,61)(H,51,59)(H,52,62)(H,53,58)(H,54,60)(H4,44,45,48)(H4,46,47,49)/t26-,27-,28-,29-,30-,31+,32-/m0/s1. The maximum absolute atomic E-state index is 14.1. The molecule has 18 N–H and O–H groups in total. The molecule has 7 amide bonds. The van der Waals surface area contributed by atoms with Crippen LogP contribution in [0.4, 0.5) is 0 Å². The van der Waals surface area contributed by atoms with Crippen LogP contribution in [0.5, 0.6) is 5.75 Å². The van der Waals surface area contributed by atoms with Crippen molar-refractivity contribution in [3.05, 3.63) is 29.8 Å². The van der Waals surface area contributed by atoms with Gasteiger partial charge in [0.25, 0.3) is 0 Å². The number of phenolic OH excluding ortho intramolecular Hbond substituents is 1. The first kappa shape index (κ1) is 54.3. The number of hydrogen-bond donors (Lipinski definition) is 13. The van der Waals surface area contributed by atoms with Crippen LogP contribution in [0.2, 0.25) is 0 Å². The van der Waals surface area contributed by atoms with Gasteiger partial charge in [-0.1, -0.05) is 39.3 Å². The van der Waals surface area contributed by atoms with Crippen molar-refractivity contribution in [2.75, 3.05) is 25.4 Å². The molecule has 1 heterocycles. The van der Waals surface area contributed by atoms with Gasteiger partial charge in [0.05, 0.1) is 6.04 Å². The number of nitrogens with two attached hydrogens (primary N) is 6. The first-order chi connectivity index (χ1) is 30.3. The van der Waals surface area contributed by atoms with Gasteiger partial charge in [-0.2, -0.15) is 12.6 Å². The smallest absolute Gasteiger partial charge is 0.244 e. The van der Waals surface area contributed by atoms with E-state index in [-0.39, 0.29) is 87.5 Å². The molecule has 0 saturated carbocycles. The van der Waals surface area contributed by atoms with Crippen LogP contribution >= 0.6 is 12.6 Å². The number of rotatable bonds is 28. The van der Waals surface area contributed by atoms with Crippen LogP contribution in [0.3, 0.4) is 0 Å². The molecule has 2 rings (SSSR count). The monoisotopic (exact) mass is 919 g/mol. The fourth-order valence-corrected chi connectivity index (χ4v) is 7.16. The third kappa shape index (κ3) is 19.3. The Balaban J connectivity index is 2.32. The van der Waals surface area contributed by atoms with Crippen LogP contribution in [0.15, 0.2) is 34.3 Å². The Morgan fingerprint density at radius 1 is 0.719 bits per heavy atom. The van der Waals surface area contributed by atoms with E-state index in [1.807, 2.05) is 13.8 Å². The number of amides is 7. The molecule has 358 valence electrons. The molecular formula is C41H70N14O8S. The molecule has 1 aliphatic heterocycles. The number of primary amides is 1. The lowest BCUT2D eigenvalue weighted by molar-refractivity contribution is -0.140. The van der Waals surface area contributed by atoms with Crippen LogP contribution < -0.4 is 61.0 Å². The van der Waals surface area contributed by atoms with Gasteiger partial charge in [-0.05, 0) is 81.4 Å². The summed E-state index contributed by atoms with van der Waals surface area (Å²) in [4.78, 5) is 104. The van der Waals surface area contributed by atoms with Crippen molar-refractivity contribution in [2.45, 2.75) is 134 Å². The number of thiol groups is 1. The maximum atomic E-state index is 14.1. The number of benzene rings is 1. The molecule has 0 bridgehead atoms. The van der Waals surface area contributed by atoms with Crippen LogP contribution in [-0.2, 0) is 40.0 Å². The number of guanidine groups is 2. The fourth-order valence-electron chi connectivity index (χ4n) is 6.90. The van der Waals surface area contributed by atoms with Gasteiger partial charge < -0.3 is 71.0 Å². The van der Waals surface area contributed by atoms with Gasteiger partial charge >= 0.3 is 0 Å². The highest BCUT2D eigenvalue weighted by Crippen LogP contribution is 2.20. The average molecular weight is 919 g/mol. The second-order valence-corrected chi connectivity index (χ2v) is 16.6. The van der Waals surface area contributed by atoms with E-state index in [0.717, 1.165) is 0 Å². The lowest BCUT2D eigenvalue weighted by Crippen LogP contribution is -2.60. The number of carbonyl (C=O) groups is 7. The van der Waals surface area contributed by atoms with Crippen LogP contribution in [-0.4, -0.2) is 131 Å². The molecule has 64 heavy (non-hydrogen) atoms. The number of nitrogens with zero attached hydrogens (tertiary/aromatic N) is 3. The second kappa shape index (κ2) is 28.1. The zero-order valence-electron chi connectivity index (χ0n) is 37.1. The maximum Gasteiger partial charge on any atom is 0.244 e. The average Bonchev–Trinajstić information content (AvgIpc) is 3.73. The third-order valence-electron chi connectivity index (χ3n) is 10.4. The molecule has 7 atom stereocenters. The molecule has 22 nitrogen and oxygen atoms in total. The molecule has 0 radical (unpaired) electrons. The van der Waals surface area contributed by atoms with E-state index in [1.54, 1.807) is 19.1 Å². The van der Waals surface area contributed by atoms with Gasteiger partial charge in [0.2, 0.25) is 41.4 Å². The molecular weight excluding hydrogens is 849 g/mol. The highest BCUT2D eigenvalue weighted by atomic mass is 32.1. The van der Waals surface area contributed by atoms with Crippen LogP contribution in [0.25, 0.3) is 0 Å². The zero-order valence-corrected chi connectivity index (χ0v) is 38.0. The molecule has 1 aromatic carbocycles. The predicted octanol–water partition coefficient (Wildman–Crippen LogP) is -2.56. The summed E-state index contributed by atoms with van der Waals surface area (Å²) in [5, 5.41) is 23.2. The van der Waals surface area contributed by atoms with Crippen molar-refractivity contribution in [1.82, 2.24) is 31.5 Å². The minimum absolute atomic E-state index is 0.0282. The van der Waals surface area contributed by atoms with Gasteiger partial charge in [-0.15, -0.1) is 0 Å². The zero-order chi connectivity index (χ0) is 47.9. The van der Waals surface area contributed by atoms with Crippen molar-refractivity contribution >= 4 is 65.9 Å². The molecule has 0 spiro atoms. The summed E-state index contributed by atoms with van der Waals surface area (Å²) in [6, 6.07) is -1.83. The second-order valence-electron chi connectivity index (χ2n) is 16.2. The molecule has 1 aromatic rings. The number of nitrogens with one attached hydrogen (secondary N) is 5. The summed E-state index contributed by atoms with van der Waals surface area (Å²) in [6.45, 7) is 6.39. The van der Waals surface area contributed by atoms with E-state index < -0.39 is 83.6 Å². The number of phenols is 1. The van der Waals surface area contributed by atoms with Gasteiger partial charge in [0.15, 0.2) is 11.9 Å². The van der Waals surface area contributed by atoms with Crippen molar-refractivity contribution in [3.8, 4) is 5.75 Å². The van der Waals surface area contributed by atoms with Crippen LogP contribution in [0.1, 0.15) is 90.5 Å². The van der Waals surface area contributed by atoms with Crippen LogP contribution in [0, 0.1) is 5.92 Å². The van der Waals surface area contributed by atoms with E-state index in [9.17, 15) is 38.7 Å². The Labute approximate surface area is 380 Å². The summed E-state index contributed by atoms with van der Waals surface area (Å²) in [6.07, 6.45) is 3.20. The van der Waals surface area contributed by atoms with Crippen molar-refractivity contribution in [1.29, 1.82) is 0 Å². The minimum Gasteiger partial charge on any atom is -0.508 e. The van der Waals surface area contributed by atoms with E-state index in [0.29, 0.717) is 37.7 Å². The number of aliphatic imine (C=N–C) groups is 2. The Kier molecular flexibility index (Phi) is 23.8.